The molecule has 0 saturated carbocycles. The number of morpholine rings is 1. The van der Waals surface area contributed by atoms with Crippen LogP contribution in [0.15, 0.2) is 24.3 Å². The van der Waals surface area contributed by atoms with E-state index in [1.807, 2.05) is 24.3 Å². The molecule has 1 N–H and O–H groups in total. The topological polar surface area (TPSA) is 65.4 Å². The summed E-state index contributed by atoms with van der Waals surface area (Å²) in [6.07, 6.45) is 0.978. The Bertz CT molecular complexity index is 522. The van der Waals surface area contributed by atoms with E-state index in [4.69, 9.17) is 10.00 Å². The number of nitrogens with one attached hydrogen (secondary N) is 1. The number of carbonyl (C=O) groups is 1. The van der Waals surface area contributed by atoms with Crippen LogP contribution in [0.2, 0.25) is 0 Å². The highest BCUT2D eigenvalue weighted by Crippen LogP contribution is 2.12. The van der Waals surface area contributed by atoms with Crippen molar-refractivity contribution >= 4 is 17.7 Å². The minimum atomic E-state index is 0.0885. The van der Waals surface area contributed by atoms with Crippen LogP contribution in [0.3, 0.4) is 0 Å². The summed E-state index contributed by atoms with van der Waals surface area (Å²) >= 11 is 1.59. The van der Waals surface area contributed by atoms with Gasteiger partial charge >= 0.3 is 0 Å². The van der Waals surface area contributed by atoms with E-state index in [-0.39, 0.29) is 5.91 Å². The average Bonchev–Trinajstić information content (AvgIpc) is 2.60. The van der Waals surface area contributed by atoms with E-state index >= 15 is 0 Å². The molecular weight excluding hydrogens is 310 g/mol. The summed E-state index contributed by atoms with van der Waals surface area (Å²) in [6, 6.07) is 9.59. The van der Waals surface area contributed by atoms with Crippen LogP contribution in [0.1, 0.15) is 17.5 Å². The number of thioether (sulfide) groups is 1. The van der Waals surface area contributed by atoms with Gasteiger partial charge in [-0.3, -0.25) is 9.69 Å². The number of benzene rings is 1. The van der Waals surface area contributed by atoms with Gasteiger partial charge in [0.15, 0.2) is 0 Å². The summed E-state index contributed by atoms with van der Waals surface area (Å²) in [5.74, 6) is 1.34. The van der Waals surface area contributed by atoms with Crippen molar-refractivity contribution in [1.29, 1.82) is 5.26 Å². The molecule has 1 aromatic rings. The van der Waals surface area contributed by atoms with Gasteiger partial charge in [-0.1, -0.05) is 12.1 Å². The second-order valence-electron chi connectivity index (χ2n) is 5.46. The first-order valence-electron chi connectivity index (χ1n) is 7.91. The normalized spacial score (nSPS) is 15.1. The first kappa shape index (κ1) is 17.8. The number of amides is 1. The van der Waals surface area contributed by atoms with Crippen LogP contribution >= 0.6 is 11.8 Å². The molecule has 0 bridgehead atoms. The molecule has 0 aromatic heterocycles. The van der Waals surface area contributed by atoms with Crippen molar-refractivity contribution in [1.82, 2.24) is 10.2 Å². The largest absolute Gasteiger partial charge is 0.379 e. The van der Waals surface area contributed by atoms with Crippen molar-refractivity contribution in [2.24, 2.45) is 0 Å². The second kappa shape index (κ2) is 10.3. The minimum absolute atomic E-state index is 0.0885. The van der Waals surface area contributed by atoms with Crippen LogP contribution in [0.25, 0.3) is 0 Å². The lowest BCUT2D eigenvalue weighted by molar-refractivity contribution is -0.118. The zero-order valence-corrected chi connectivity index (χ0v) is 14.1. The van der Waals surface area contributed by atoms with Crippen molar-refractivity contribution in [2.45, 2.75) is 12.2 Å². The smallest absolute Gasteiger partial charge is 0.230 e. The van der Waals surface area contributed by atoms with Gasteiger partial charge in [0.05, 0.1) is 30.6 Å². The van der Waals surface area contributed by atoms with E-state index in [0.29, 0.717) is 11.3 Å². The highest BCUT2D eigenvalue weighted by atomic mass is 32.2. The lowest BCUT2D eigenvalue weighted by atomic mass is 10.2. The van der Waals surface area contributed by atoms with Gasteiger partial charge in [-0.2, -0.15) is 5.26 Å². The number of hydrogen-bond donors (Lipinski definition) is 1. The van der Waals surface area contributed by atoms with E-state index < -0.39 is 0 Å². The zero-order chi connectivity index (χ0) is 16.3. The van der Waals surface area contributed by atoms with E-state index in [2.05, 4.69) is 16.3 Å². The molecular formula is C17H23N3O2S. The SMILES string of the molecule is N#Cc1ccc(CSCC(=O)NCCCN2CCOCC2)cc1. The first-order valence-corrected chi connectivity index (χ1v) is 9.07. The van der Waals surface area contributed by atoms with E-state index in [1.165, 1.54) is 0 Å². The van der Waals surface area contributed by atoms with E-state index in [0.717, 1.165) is 57.1 Å². The molecule has 0 aliphatic carbocycles. The van der Waals surface area contributed by atoms with Gasteiger partial charge in [0, 0.05) is 25.4 Å². The van der Waals surface area contributed by atoms with Crippen molar-refractivity contribution in [2.75, 3.05) is 45.1 Å². The molecule has 0 spiro atoms. The average molecular weight is 333 g/mol. The summed E-state index contributed by atoms with van der Waals surface area (Å²) in [4.78, 5) is 14.1. The third-order valence-corrected chi connectivity index (χ3v) is 4.67. The molecule has 1 aromatic carbocycles. The van der Waals surface area contributed by atoms with Crippen molar-refractivity contribution < 1.29 is 9.53 Å². The lowest BCUT2D eigenvalue weighted by Gasteiger charge is -2.26. The Hall–Kier alpha value is -1.55. The van der Waals surface area contributed by atoms with Gasteiger partial charge in [0.2, 0.25) is 5.91 Å². The molecule has 5 nitrogen and oxygen atoms in total. The molecule has 1 heterocycles. The highest BCUT2D eigenvalue weighted by molar-refractivity contribution is 7.99. The fourth-order valence-electron chi connectivity index (χ4n) is 2.34. The standard InChI is InChI=1S/C17H23N3O2S/c18-12-15-2-4-16(5-3-15)13-23-14-17(21)19-6-1-7-20-8-10-22-11-9-20/h2-5H,1,6-11,13-14H2,(H,19,21). The number of ether oxygens (including phenoxy) is 1. The number of nitrogens with zero attached hydrogens (tertiary/aromatic N) is 2. The Morgan fingerprint density at radius 2 is 2.04 bits per heavy atom. The van der Waals surface area contributed by atoms with Crippen LogP contribution in [0, 0.1) is 11.3 Å². The number of nitriles is 1. The maximum absolute atomic E-state index is 11.8. The Kier molecular flexibility index (Phi) is 7.95. The van der Waals surface area contributed by atoms with Crippen LogP contribution < -0.4 is 5.32 Å². The molecule has 2 rings (SSSR count). The van der Waals surface area contributed by atoms with Gasteiger partial charge in [0.25, 0.3) is 0 Å². The third-order valence-electron chi connectivity index (χ3n) is 3.66. The fourth-order valence-corrected chi connectivity index (χ4v) is 3.16. The Morgan fingerprint density at radius 1 is 1.30 bits per heavy atom. The zero-order valence-electron chi connectivity index (χ0n) is 13.3. The van der Waals surface area contributed by atoms with Crippen LogP contribution in [0.4, 0.5) is 0 Å². The summed E-state index contributed by atoms with van der Waals surface area (Å²) in [7, 11) is 0. The predicted molar refractivity (Wildman–Crippen MR) is 92.2 cm³/mol. The van der Waals surface area contributed by atoms with E-state index in [9.17, 15) is 4.79 Å². The molecule has 1 fully saturated rings. The molecule has 0 radical (unpaired) electrons. The first-order chi connectivity index (χ1) is 11.3. The lowest BCUT2D eigenvalue weighted by Crippen LogP contribution is -2.38. The fraction of sp³-hybridized carbons (Fsp3) is 0.529. The molecule has 6 heteroatoms. The molecule has 1 aliphatic rings. The third kappa shape index (κ3) is 7.04. The number of hydrogen-bond acceptors (Lipinski definition) is 5. The van der Waals surface area contributed by atoms with Gasteiger partial charge in [0.1, 0.15) is 0 Å². The molecule has 1 aliphatic heterocycles. The predicted octanol–water partition coefficient (Wildman–Crippen LogP) is 1.63. The number of carbonyl (C=O) groups excluding carboxylic acids is 1. The van der Waals surface area contributed by atoms with Crippen LogP contribution in [0.5, 0.6) is 0 Å². The van der Waals surface area contributed by atoms with Crippen molar-refractivity contribution in [3.05, 3.63) is 35.4 Å². The monoisotopic (exact) mass is 333 g/mol. The van der Waals surface area contributed by atoms with Crippen LogP contribution in [-0.4, -0.2) is 56.0 Å². The summed E-state index contributed by atoms with van der Waals surface area (Å²) in [5.41, 5.74) is 1.80. The van der Waals surface area contributed by atoms with Crippen LogP contribution in [-0.2, 0) is 15.3 Å². The highest BCUT2D eigenvalue weighted by Gasteiger charge is 2.09. The molecule has 124 valence electrons. The van der Waals surface area contributed by atoms with Gasteiger partial charge in [-0.25, -0.2) is 0 Å². The summed E-state index contributed by atoms with van der Waals surface area (Å²) < 4.78 is 5.31. The van der Waals surface area contributed by atoms with Crippen molar-refractivity contribution in [3.63, 3.8) is 0 Å². The van der Waals surface area contributed by atoms with Gasteiger partial charge in [-0.15, -0.1) is 11.8 Å². The number of rotatable bonds is 8. The Labute approximate surface area is 142 Å². The molecule has 0 atom stereocenters. The molecule has 1 saturated heterocycles. The molecule has 0 unspecified atom stereocenters. The minimum Gasteiger partial charge on any atom is -0.379 e. The molecule has 23 heavy (non-hydrogen) atoms. The molecule has 1 amide bonds. The van der Waals surface area contributed by atoms with Gasteiger partial charge < -0.3 is 10.1 Å². The quantitative estimate of drug-likeness (QED) is 0.733. The maximum atomic E-state index is 11.8. The van der Waals surface area contributed by atoms with E-state index in [1.54, 1.807) is 11.8 Å². The Balaban J connectivity index is 1.51. The van der Waals surface area contributed by atoms with Gasteiger partial charge in [-0.05, 0) is 30.7 Å². The summed E-state index contributed by atoms with van der Waals surface area (Å²) in [5, 5.41) is 11.7. The maximum Gasteiger partial charge on any atom is 0.230 e. The second-order valence-corrected chi connectivity index (χ2v) is 6.44. The van der Waals surface area contributed by atoms with Crippen molar-refractivity contribution in [3.8, 4) is 6.07 Å². The Morgan fingerprint density at radius 3 is 2.74 bits per heavy atom. The summed E-state index contributed by atoms with van der Waals surface area (Å²) in [6.45, 7) is 5.37.